The summed E-state index contributed by atoms with van der Waals surface area (Å²) in [6, 6.07) is 6.12. The molecule has 0 saturated carbocycles. The number of benzene rings is 1. The lowest BCUT2D eigenvalue weighted by atomic mass is 9.78. The first-order valence-corrected chi connectivity index (χ1v) is 7.41. The number of hydrogen-bond acceptors (Lipinski definition) is 3. The zero-order chi connectivity index (χ0) is 14.5. The molecule has 0 bridgehead atoms. The lowest BCUT2D eigenvalue weighted by molar-refractivity contribution is 0.00578. The maximum Gasteiger partial charge on any atom is 0.496 e. The average Bonchev–Trinajstić information content (AvgIpc) is 2.45. The maximum atomic E-state index is 6.42. The van der Waals surface area contributed by atoms with E-state index in [-0.39, 0.29) is 11.2 Å². The van der Waals surface area contributed by atoms with E-state index in [9.17, 15) is 0 Å². The summed E-state index contributed by atoms with van der Waals surface area (Å²) in [6.45, 7) is 9.74. The van der Waals surface area contributed by atoms with Crippen LogP contribution >= 0.6 is 11.6 Å². The minimum atomic E-state index is -0.404. The Morgan fingerprint density at radius 2 is 1.70 bits per heavy atom. The first kappa shape index (κ1) is 14.4. The first-order chi connectivity index (χ1) is 9.30. The standard InChI is InChI=1S/C15H20BClO3/c1-14(2)15(3,4)20-16(19-14)12-6-5-10(7-13(12)17)11-8-18-9-11/h5-7,11H,8-9H2,1-4H3. The quantitative estimate of drug-likeness (QED) is 0.785. The Bertz CT molecular complexity index is 510. The smallest absolute Gasteiger partial charge is 0.399 e. The van der Waals surface area contributed by atoms with Crippen LogP contribution in [0.1, 0.15) is 39.2 Å². The molecule has 3 rings (SSSR count). The van der Waals surface area contributed by atoms with Gasteiger partial charge in [0.1, 0.15) is 0 Å². The molecule has 0 spiro atoms. The molecule has 0 N–H and O–H groups in total. The fourth-order valence-electron chi connectivity index (χ4n) is 2.39. The molecule has 0 aromatic heterocycles. The van der Waals surface area contributed by atoms with Gasteiger partial charge in [-0.05, 0) is 39.3 Å². The molecule has 20 heavy (non-hydrogen) atoms. The van der Waals surface area contributed by atoms with Crippen molar-refractivity contribution >= 4 is 24.2 Å². The summed E-state index contributed by atoms with van der Waals surface area (Å²) in [5.41, 5.74) is 1.43. The van der Waals surface area contributed by atoms with Crippen LogP contribution in [0.5, 0.6) is 0 Å². The summed E-state index contributed by atoms with van der Waals surface area (Å²) in [4.78, 5) is 0. The normalized spacial score (nSPS) is 24.8. The van der Waals surface area contributed by atoms with Crippen LogP contribution in [-0.4, -0.2) is 31.5 Å². The molecule has 5 heteroatoms. The van der Waals surface area contributed by atoms with Crippen molar-refractivity contribution in [1.29, 1.82) is 0 Å². The highest BCUT2D eigenvalue weighted by Gasteiger charge is 2.52. The summed E-state index contributed by atoms with van der Waals surface area (Å²) < 4.78 is 17.3. The molecule has 2 fully saturated rings. The summed E-state index contributed by atoms with van der Waals surface area (Å²) in [5.74, 6) is 0.472. The van der Waals surface area contributed by atoms with Crippen molar-refractivity contribution in [3.8, 4) is 0 Å². The zero-order valence-electron chi connectivity index (χ0n) is 12.4. The fraction of sp³-hybridized carbons (Fsp3) is 0.600. The second-order valence-electron chi connectivity index (χ2n) is 6.60. The predicted octanol–water partition coefficient (Wildman–Crippen LogP) is 2.75. The summed E-state index contributed by atoms with van der Waals surface area (Å²) in [6.07, 6.45) is 0. The minimum Gasteiger partial charge on any atom is -0.399 e. The lowest BCUT2D eigenvalue weighted by Crippen LogP contribution is -2.41. The highest BCUT2D eigenvalue weighted by atomic mass is 35.5. The molecule has 0 unspecified atom stereocenters. The Labute approximate surface area is 125 Å². The van der Waals surface area contributed by atoms with Crippen molar-refractivity contribution < 1.29 is 14.0 Å². The van der Waals surface area contributed by atoms with Crippen LogP contribution in [-0.2, 0) is 14.0 Å². The number of halogens is 1. The van der Waals surface area contributed by atoms with Crippen molar-refractivity contribution in [1.82, 2.24) is 0 Å². The number of rotatable bonds is 2. The SMILES string of the molecule is CC1(C)OB(c2ccc(C3COC3)cc2Cl)OC1(C)C. The third kappa shape index (κ3) is 2.29. The molecular formula is C15H20BClO3. The molecule has 0 aliphatic carbocycles. The molecule has 1 aromatic rings. The molecule has 0 atom stereocenters. The van der Waals surface area contributed by atoms with Crippen molar-refractivity contribution in [3.05, 3.63) is 28.8 Å². The van der Waals surface area contributed by atoms with Gasteiger partial charge in [-0.1, -0.05) is 23.7 Å². The van der Waals surface area contributed by atoms with Gasteiger partial charge in [0.15, 0.2) is 0 Å². The van der Waals surface area contributed by atoms with Gasteiger partial charge in [-0.15, -0.1) is 0 Å². The molecule has 2 aliphatic rings. The van der Waals surface area contributed by atoms with Crippen molar-refractivity contribution in [2.45, 2.75) is 44.8 Å². The zero-order valence-corrected chi connectivity index (χ0v) is 13.2. The minimum absolute atomic E-state index is 0.346. The third-order valence-electron chi connectivity index (χ3n) is 4.64. The first-order valence-electron chi connectivity index (χ1n) is 7.03. The van der Waals surface area contributed by atoms with E-state index in [0.717, 1.165) is 18.7 Å². The monoisotopic (exact) mass is 294 g/mol. The van der Waals surface area contributed by atoms with Gasteiger partial charge in [-0.25, -0.2) is 0 Å². The molecule has 0 radical (unpaired) electrons. The van der Waals surface area contributed by atoms with Crippen LogP contribution in [0.25, 0.3) is 0 Å². The Kier molecular flexibility index (Phi) is 3.41. The molecule has 2 saturated heterocycles. The molecule has 2 heterocycles. The third-order valence-corrected chi connectivity index (χ3v) is 4.97. The van der Waals surface area contributed by atoms with E-state index in [2.05, 4.69) is 6.07 Å². The Balaban J connectivity index is 1.85. The van der Waals surface area contributed by atoms with E-state index in [0.29, 0.717) is 10.9 Å². The lowest BCUT2D eigenvalue weighted by Gasteiger charge is -2.32. The topological polar surface area (TPSA) is 27.7 Å². The summed E-state index contributed by atoms with van der Waals surface area (Å²) in [5, 5.41) is 0.702. The Hall–Kier alpha value is -0.545. The van der Waals surface area contributed by atoms with E-state index in [4.69, 9.17) is 25.6 Å². The van der Waals surface area contributed by atoms with Gasteiger partial charge >= 0.3 is 7.12 Å². The number of hydrogen-bond donors (Lipinski definition) is 0. The van der Waals surface area contributed by atoms with Gasteiger partial charge in [-0.3, -0.25) is 0 Å². The predicted molar refractivity (Wildman–Crippen MR) is 80.7 cm³/mol. The van der Waals surface area contributed by atoms with Gasteiger partial charge < -0.3 is 14.0 Å². The van der Waals surface area contributed by atoms with E-state index in [1.807, 2.05) is 39.8 Å². The molecule has 3 nitrogen and oxygen atoms in total. The highest BCUT2D eigenvalue weighted by Crippen LogP contribution is 2.37. The molecule has 0 amide bonds. The second kappa shape index (κ2) is 4.74. The second-order valence-corrected chi connectivity index (χ2v) is 7.01. The van der Waals surface area contributed by atoms with Crippen LogP contribution < -0.4 is 5.46 Å². The molecule has 2 aliphatic heterocycles. The fourth-order valence-corrected chi connectivity index (χ4v) is 2.66. The van der Waals surface area contributed by atoms with E-state index >= 15 is 0 Å². The molecule has 108 valence electrons. The Morgan fingerprint density at radius 3 is 2.15 bits per heavy atom. The maximum absolute atomic E-state index is 6.42. The summed E-state index contributed by atoms with van der Waals surface area (Å²) >= 11 is 6.42. The van der Waals surface area contributed by atoms with Crippen molar-refractivity contribution in [2.24, 2.45) is 0 Å². The highest BCUT2D eigenvalue weighted by molar-refractivity contribution is 6.65. The largest absolute Gasteiger partial charge is 0.496 e. The molecular weight excluding hydrogens is 274 g/mol. The Morgan fingerprint density at radius 1 is 1.10 bits per heavy atom. The van der Waals surface area contributed by atoms with Crippen LogP contribution in [0.2, 0.25) is 5.02 Å². The molecule has 1 aromatic carbocycles. The van der Waals surface area contributed by atoms with Crippen LogP contribution in [0, 0.1) is 0 Å². The van der Waals surface area contributed by atoms with Gasteiger partial charge in [-0.2, -0.15) is 0 Å². The average molecular weight is 295 g/mol. The van der Waals surface area contributed by atoms with Gasteiger partial charge in [0, 0.05) is 16.4 Å². The number of ether oxygens (including phenoxy) is 1. The van der Waals surface area contributed by atoms with Crippen LogP contribution in [0.3, 0.4) is 0 Å². The van der Waals surface area contributed by atoms with E-state index in [1.165, 1.54) is 5.56 Å². The van der Waals surface area contributed by atoms with Crippen LogP contribution in [0.4, 0.5) is 0 Å². The van der Waals surface area contributed by atoms with Crippen molar-refractivity contribution in [2.75, 3.05) is 13.2 Å². The van der Waals surface area contributed by atoms with Crippen LogP contribution in [0.15, 0.2) is 18.2 Å². The van der Waals surface area contributed by atoms with Gasteiger partial charge in [0.2, 0.25) is 0 Å². The summed E-state index contributed by atoms with van der Waals surface area (Å²) in [7, 11) is -0.404. The van der Waals surface area contributed by atoms with Gasteiger partial charge in [0.05, 0.1) is 24.4 Å². The van der Waals surface area contributed by atoms with Crippen molar-refractivity contribution in [3.63, 3.8) is 0 Å². The van der Waals surface area contributed by atoms with Gasteiger partial charge in [0.25, 0.3) is 0 Å². The van der Waals surface area contributed by atoms with E-state index < -0.39 is 7.12 Å². The van der Waals surface area contributed by atoms with E-state index in [1.54, 1.807) is 0 Å².